The van der Waals surface area contributed by atoms with E-state index in [1.54, 1.807) is 30.5 Å². The third kappa shape index (κ3) is 5.71. The number of halogens is 2. The monoisotopic (exact) mass is 474 g/mol. The zero-order valence-corrected chi connectivity index (χ0v) is 21.9. The molecule has 31 heavy (non-hydrogen) atoms. The van der Waals surface area contributed by atoms with Gasteiger partial charge in [0.25, 0.3) is 5.91 Å². The fraction of sp³-hybridized carbons (Fsp3) is 0.440. The summed E-state index contributed by atoms with van der Waals surface area (Å²) in [6.07, 6.45) is 1.60. The summed E-state index contributed by atoms with van der Waals surface area (Å²) in [6.45, 7) is 15.6. The highest BCUT2D eigenvalue weighted by Gasteiger charge is 2.41. The van der Waals surface area contributed by atoms with Crippen LogP contribution >= 0.6 is 23.2 Å². The average Bonchev–Trinajstić information content (AvgIpc) is 2.67. The summed E-state index contributed by atoms with van der Waals surface area (Å²) < 4.78 is 0. The Bertz CT molecular complexity index is 956. The molecule has 2 aromatic rings. The lowest BCUT2D eigenvalue weighted by Crippen LogP contribution is -2.43. The molecule has 0 saturated carbocycles. The summed E-state index contributed by atoms with van der Waals surface area (Å²) in [6, 6.07) is 8.44. The number of amides is 1. The number of nitrogens with one attached hydrogen (secondary N) is 1. The summed E-state index contributed by atoms with van der Waals surface area (Å²) in [5.41, 5.74) is 7.18. The van der Waals surface area contributed by atoms with Crippen molar-refractivity contribution in [3.63, 3.8) is 0 Å². The van der Waals surface area contributed by atoms with Crippen LogP contribution in [0.25, 0.3) is 0 Å². The minimum Gasteiger partial charge on any atom is -0.344 e. The predicted octanol–water partition coefficient (Wildman–Crippen LogP) is 7.45. The number of benzene rings is 1. The number of carbonyl (C=O) groups excluding carboxylic acids is 1. The molecule has 3 nitrogen and oxygen atoms in total. The molecule has 0 fully saturated rings. The molecule has 0 aliphatic rings. The Morgan fingerprint density at radius 2 is 1.61 bits per heavy atom. The Morgan fingerprint density at radius 1 is 1.00 bits per heavy atom. The molecule has 0 saturated heterocycles. The molecule has 1 unspecified atom stereocenters. The van der Waals surface area contributed by atoms with Crippen LogP contribution in [0.3, 0.4) is 0 Å². The standard InChI is InChI=1S/C25H32Cl2N2OSi/c1-16(2)31(17(3)4,18(5)6)13-11-20-14-21(26)15-22(27)24(20)19(7)29-25(30)23-10-8-9-12-28-23/h8-10,12,14-19H,1-7H3,(H,29,30). The Balaban J connectivity index is 2.51. The normalized spacial score (nSPS) is 12.6. The molecule has 0 aliphatic carbocycles. The zero-order chi connectivity index (χ0) is 23.3. The minimum atomic E-state index is -1.93. The number of aromatic nitrogens is 1. The molecule has 6 heteroatoms. The molecule has 1 N–H and O–H groups in total. The van der Waals surface area contributed by atoms with Gasteiger partial charge in [-0.25, -0.2) is 0 Å². The van der Waals surface area contributed by atoms with Crippen molar-refractivity contribution in [1.82, 2.24) is 10.3 Å². The van der Waals surface area contributed by atoms with Crippen LogP contribution in [-0.4, -0.2) is 19.0 Å². The van der Waals surface area contributed by atoms with Gasteiger partial charge in [-0.1, -0.05) is 76.7 Å². The molecule has 0 aliphatic heterocycles. The van der Waals surface area contributed by atoms with E-state index in [9.17, 15) is 4.79 Å². The molecule has 1 atom stereocenters. The number of carbonyl (C=O) groups is 1. The lowest BCUT2D eigenvalue weighted by Gasteiger charge is -2.38. The second-order valence-corrected chi connectivity index (χ2v) is 15.3. The van der Waals surface area contributed by atoms with Gasteiger partial charge in [0.2, 0.25) is 0 Å². The van der Waals surface area contributed by atoms with Crippen molar-refractivity contribution in [3.8, 4) is 11.5 Å². The van der Waals surface area contributed by atoms with Crippen molar-refractivity contribution < 1.29 is 4.79 Å². The second-order valence-electron chi connectivity index (χ2n) is 8.91. The SMILES string of the molecule is CC(NC(=O)c1ccccn1)c1c(Cl)cc(Cl)cc1C#C[Si](C(C)C)(C(C)C)C(C)C. The van der Waals surface area contributed by atoms with Gasteiger partial charge >= 0.3 is 0 Å². The average molecular weight is 476 g/mol. The van der Waals surface area contributed by atoms with E-state index in [0.29, 0.717) is 32.4 Å². The van der Waals surface area contributed by atoms with Gasteiger partial charge in [-0.15, -0.1) is 5.54 Å². The molecule has 1 aromatic carbocycles. The van der Waals surface area contributed by atoms with E-state index in [-0.39, 0.29) is 11.9 Å². The summed E-state index contributed by atoms with van der Waals surface area (Å²) >= 11 is 12.9. The smallest absolute Gasteiger partial charge is 0.270 e. The summed E-state index contributed by atoms with van der Waals surface area (Å²) in [7, 11) is -1.93. The van der Waals surface area contributed by atoms with E-state index >= 15 is 0 Å². The Hall–Kier alpha value is -1.80. The minimum absolute atomic E-state index is 0.256. The molecular weight excluding hydrogens is 443 g/mol. The number of hydrogen-bond donors (Lipinski definition) is 1. The van der Waals surface area contributed by atoms with Gasteiger partial charge in [-0.2, -0.15) is 0 Å². The van der Waals surface area contributed by atoms with Crippen molar-refractivity contribution in [2.75, 3.05) is 0 Å². The Labute approximate surface area is 198 Å². The van der Waals surface area contributed by atoms with Gasteiger partial charge in [-0.3, -0.25) is 9.78 Å². The Kier molecular flexibility index (Phi) is 8.77. The van der Waals surface area contributed by atoms with E-state index < -0.39 is 8.07 Å². The largest absolute Gasteiger partial charge is 0.344 e. The number of hydrogen-bond acceptors (Lipinski definition) is 2. The van der Waals surface area contributed by atoms with E-state index in [1.165, 1.54) is 0 Å². The summed E-state index contributed by atoms with van der Waals surface area (Å²) in [5, 5.41) is 4.02. The first-order valence-electron chi connectivity index (χ1n) is 10.7. The van der Waals surface area contributed by atoms with Gasteiger partial charge < -0.3 is 5.32 Å². The maximum atomic E-state index is 12.6. The van der Waals surface area contributed by atoms with Gasteiger partial charge in [0.15, 0.2) is 0 Å². The van der Waals surface area contributed by atoms with E-state index in [2.05, 4.69) is 63.3 Å². The maximum absolute atomic E-state index is 12.6. The summed E-state index contributed by atoms with van der Waals surface area (Å²) in [5.74, 6) is 3.19. The van der Waals surface area contributed by atoms with Crippen LogP contribution in [0.1, 0.15) is 76.1 Å². The van der Waals surface area contributed by atoms with E-state index in [0.717, 1.165) is 11.1 Å². The highest BCUT2D eigenvalue weighted by atomic mass is 35.5. The highest BCUT2D eigenvalue weighted by Crippen LogP contribution is 2.41. The molecule has 0 bridgehead atoms. The topological polar surface area (TPSA) is 42.0 Å². The molecule has 1 heterocycles. The highest BCUT2D eigenvalue weighted by molar-refractivity contribution is 6.90. The van der Waals surface area contributed by atoms with Crippen LogP contribution in [0, 0.1) is 11.5 Å². The molecule has 0 radical (unpaired) electrons. The second kappa shape index (κ2) is 10.7. The maximum Gasteiger partial charge on any atom is 0.270 e. The van der Waals surface area contributed by atoms with Gasteiger partial charge in [0, 0.05) is 27.4 Å². The van der Waals surface area contributed by atoms with Gasteiger partial charge in [-0.05, 0) is 47.8 Å². The molecule has 166 valence electrons. The van der Waals surface area contributed by atoms with Crippen LogP contribution in [0.2, 0.25) is 26.7 Å². The van der Waals surface area contributed by atoms with Crippen LogP contribution < -0.4 is 5.32 Å². The fourth-order valence-electron chi connectivity index (χ4n) is 4.58. The van der Waals surface area contributed by atoms with Crippen LogP contribution in [-0.2, 0) is 0 Å². The first kappa shape index (κ1) is 25.5. The first-order valence-corrected chi connectivity index (χ1v) is 13.7. The lowest BCUT2D eigenvalue weighted by atomic mass is 10.0. The number of rotatable bonds is 6. The molecular formula is C25H32Cl2N2OSi. The van der Waals surface area contributed by atoms with Gasteiger partial charge in [0.05, 0.1) is 6.04 Å². The number of pyridine rings is 1. The first-order chi connectivity index (χ1) is 14.5. The third-order valence-electron chi connectivity index (χ3n) is 6.05. The zero-order valence-electron chi connectivity index (χ0n) is 19.4. The van der Waals surface area contributed by atoms with Crippen LogP contribution in [0.5, 0.6) is 0 Å². The quantitative estimate of drug-likeness (QED) is 0.348. The molecule has 2 rings (SSSR count). The molecule has 0 spiro atoms. The van der Waals surface area contributed by atoms with Crippen molar-refractivity contribution in [2.45, 2.75) is 71.1 Å². The lowest BCUT2D eigenvalue weighted by molar-refractivity contribution is 0.0935. The van der Waals surface area contributed by atoms with Crippen molar-refractivity contribution in [1.29, 1.82) is 0 Å². The van der Waals surface area contributed by atoms with E-state index in [4.69, 9.17) is 23.2 Å². The predicted molar refractivity (Wildman–Crippen MR) is 135 cm³/mol. The third-order valence-corrected chi connectivity index (χ3v) is 12.9. The van der Waals surface area contributed by atoms with Crippen LogP contribution in [0.4, 0.5) is 0 Å². The van der Waals surface area contributed by atoms with Crippen molar-refractivity contribution >= 4 is 37.2 Å². The Morgan fingerprint density at radius 3 is 2.13 bits per heavy atom. The number of nitrogens with zero attached hydrogens (tertiary/aromatic N) is 1. The molecule has 1 amide bonds. The van der Waals surface area contributed by atoms with Gasteiger partial charge in [0.1, 0.15) is 13.8 Å². The summed E-state index contributed by atoms with van der Waals surface area (Å²) in [4.78, 5) is 16.8. The van der Waals surface area contributed by atoms with Crippen molar-refractivity contribution in [2.24, 2.45) is 0 Å². The fourth-order valence-corrected chi connectivity index (χ4v) is 10.5. The van der Waals surface area contributed by atoms with Crippen molar-refractivity contribution in [3.05, 3.63) is 63.4 Å². The molecule has 1 aromatic heterocycles. The van der Waals surface area contributed by atoms with Crippen LogP contribution in [0.15, 0.2) is 36.5 Å². The van der Waals surface area contributed by atoms with E-state index in [1.807, 2.05) is 13.0 Å².